The van der Waals surface area contributed by atoms with Crippen molar-refractivity contribution >= 4 is 40.7 Å². The number of aryl methyl sites for hydroxylation is 1. The van der Waals surface area contributed by atoms with Crippen LogP contribution >= 0.6 is 0 Å². The molecule has 79 heavy (non-hydrogen) atoms. The van der Waals surface area contributed by atoms with Crippen LogP contribution in [0, 0.1) is 29.5 Å². The molecule has 6 heterocycles. The van der Waals surface area contributed by atoms with Gasteiger partial charge in [-0.2, -0.15) is 0 Å². The molecular weight excluding hydrogens is 1030 g/mol. The van der Waals surface area contributed by atoms with Crippen LogP contribution in [-0.2, 0) is 58.8 Å². The van der Waals surface area contributed by atoms with Crippen molar-refractivity contribution in [1.29, 1.82) is 0 Å². The third-order valence-corrected chi connectivity index (χ3v) is 17.2. The van der Waals surface area contributed by atoms with Crippen molar-refractivity contribution in [3.8, 4) is 0 Å². The fraction of sp³-hybridized carbons (Fsp3) is 0.786. The van der Waals surface area contributed by atoms with E-state index in [1.165, 1.54) is 17.9 Å². The minimum Gasteiger partial charge on any atom is -0.477 e. The summed E-state index contributed by atoms with van der Waals surface area (Å²) in [5.41, 5.74) is -4.72. The molecule has 23 heteroatoms. The number of nitrogens with one attached hydrogen (secondary N) is 2. The molecule has 18 atom stereocenters. The van der Waals surface area contributed by atoms with E-state index in [2.05, 4.69) is 15.6 Å². The number of aromatic carboxylic acids is 1. The number of esters is 1. The van der Waals surface area contributed by atoms with Gasteiger partial charge in [0.05, 0.1) is 53.0 Å². The molecule has 0 aromatic carbocycles. The second-order valence-electron chi connectivity index (χ2n) is 23.2. The number of aliphatic hydroxyl groups is 1. The summed E-state index contributed by atoms with van der Waals surface area (Å²) in [6.45, 7) is 22.0. The standard InChI is InChI=1S/C56H89FN6O16/c1-17-39-56(11)45(59-53(70)79-56)31(5)41(64)29(3)26-54(9,71-15)46(78-52-43(66)38(61(12)13)24-30(4)74-52)32(6)44(33(7)51(69)76-39)77-40-27-55(10,72-16)47(34(8)75-40)73-23-19-21-62(14)22-20-58-48-37(57)25-35-42(65)36(50(67)68)28-63(18-2)49(35)60-48/h25,28-34,38-40,43-47,52,66H,17-24,26-27H2,1-16H3,(H,58,60)(H,59,70)(H,67,68)/t29-,30-,31-,32+,33-,34+,38+,39-,40+,43-,44+,45-,46-,47+,52+,54-,55-,56-/m1/s1. The van der Waals surface area contributed by atoms with E-state index in [-0.39, 0.29) is 54.0 Å². The number of fused-ring (bicyclic) bond motifs is 2. The molecule has 0 aliphatic carbocycles. The predicted octanol–water partition coefficient (Wildman–Crippen LogP) is 5.22. The molecule has 4 aliphatic rings. The lowest BCUT2D eigenvalue weighted by Gasteiger charge is -2.50. The number of carbonyl (C=O) groups is 4. The zero-order valence-corrected chi connectivity index (χ0v) is 49.2. The summed E-state index contributed by atoms with van der Waals surface area (Å²) in [5, 5.41) is 27.1. The molecule has 4 N–H and O–H groups in total. The van der Waals surface area contributed by atoms with Crippen LogP contribution < -0.4 is 16.1 Å². The number of halogens is 1. The van der Waals surface area contributed by atoms with E-state index in [0.717, 1.165) is 6.07 Å². The van der Waals surface area contributed by atoms with Crippen molar-refractivity contribution in [2.24, 2.45) is 23.7 Å². The number of carboxylic acids is 1. The van der Waals surface area contributed by atoms with Gasteiger partial charge < -0.3 is 77.8 Å². The van der Waals surface area contributed by atoms with Crippen LogP contribution in [0.25, 0.3) is 11.0 Å². The molecule has 2 aromatic heterocycles. The Morgan fingerprint density at radius 2 is 1.62 bits per heavy atom. The quantitative estimate of drug-likeness (QED) is 0.104. The minimum atomic E-state index is -1.41. The lowest BCUT2D eigenvalue weighted by atomic mass is 9.73. The first kappa shape index (κ1) is 63.7. The summed E-state index contributed by atoms with van der Waals surface area (Å²) < 4.78 is 75.3. The Bertz CT molecular complexity index is 2520. The number of ketones is 1. The number of Topliss-reactive ketones (excluding diaryl/α,β-unsaturated/α-hetero) is 1. The predicted molar refractivity (Wildman–Crippen MR) is 289 cm³/mol. The maximum atomic E-state index is 15.2. The number of pyridine rings is 2. The molecule has 1 amide bonds. The van der Waals surface area contributed by atoms with E-state index in [1.54, 1.807) is 34.8 Å². The van der Waals surface area contributed by atoms with Gasteiger partial charge in [-0.1, -0.05) is 27.7 Å². The molecule has 0 unspecified atom stereocenters. The van der Waals surface area contributed by atoms with Crippen LogP contribution in [0.5, 0.6) is 0 Å². The zero-order chi connectivity index (χ0) is 58.6. The van der Waals surface area contributed by atoms with E-state index in [4.69, 9.17) is 42.6 Å². The van der Waals surface area contributed by atoms with Crippen molar-refractivity contribution in [3.05, 3.63) is 33.9 Å². The molecule has 4 saturated heterocycles. The normalized spacial score (nSPS) is 36.9. The van der Waals surface area contributed by atoms with Gasteiger partial charge in [0.25, 0.3) is 0 Å². The van der Waals surface area contributed by atoms with Gasteiger partial charge >= 0.3 is 18.0 Å². The van der Waals surface area contributed by atoms with Gasteiger partial charge in [0, 0.05) is 83.4 Å². The summed E-state index contributed by atoms with van der Waals surface area (Å²) >= 11 is 0. The smallest absolute Gasteiger partial charge is 0.408 e. The molecule has 0 radical (unpaired) electrons. The SMILES string of the molecule is CC[C@H]1OC(=O)[C@H](C)[C@@H](O[C@H]2C[C@@](C)(OC)[C@@H](OCCCN(C)CCNc3nc4c(cc3F)c(=O)c(C(=O)O)cn4CC)[C@H](C)O2)[C@H](C)[C@@H](O[C@@H]2O[C@H](C)C[C@H](N(C)C)[C@H]2O)[C@](C)(OC)C[C@@H](C)C(=O)[C@@H](C)[C@H]2NC(=O)O[C@@]21C. The minimum absolute atomic E-state index is 0.0547. The van der Waals surface area contributed by atoms with Crippen LogP contribution in [0.2, 0.25) is 0 Å². The van der Waals surface area contributed by atoms with Crippen LogP contribution in [0.15, 0.2) is 17.1 Å². The molecule has 0 bridgehead atoms. The van der Waals surface area contributed by atoms with E-state index in [1.807, 2.05) is 79.4 Å². The Morgan fingerprint density at radius 1 is 0.949 bits per heavy atom. The van der Waals surface area contributed by atoms with Gasteiger partial charge in [-0.3, -0.25) is 14.4 Å². The highest BCUT2D eigenvalue weighted by molar-refractivity contribution is 5.92. The number of amides is 1. The van der Waals surface area contributed by atoms with Gasteiger partial charge in [0.2, 0.25) is 5.43 Å². The molecule has 22 nitrogen and oxygen atoms in total. The number of rotatable bonds is 19. The third kappa shape index (κ3) is 13.7. The summed E-state index contributed by atoms with van der Waals surface area (Å²) in [4.78, 5) is 75.2. The number of aromatic nitrogens is 2. The van der Waals surface area contributed by atoms with Crippen molar-refractivity contribution in [3.63, 3.8) is 0 Å². The molecule has 6 rings (SSSR count). The Balaban J connectivity index is 1.20. The Morgan fingerprint density at radius 3 is 2.24 bits per heavy atom. The number of cyclic esters (lactones) is 1. The molecule has 2 aromatic rings. The number of carbonyl (C=O) groups excluding carboxylic acids is 3. The van der Waals surface area contributed by atoms with E-state index < -0.39 is 131 Å². The number of likely N-dealkylation sites (N-methyl/N-ethyl adjacent to an activating group) is 2. The zero-order valence-electron chi connectivity index (χ0n) is 49.2. The van der Waals surface area contributed by atoms with Crippen LogP contribution in [0.4, 0.5) is 15.0 Å². The molecular formula is C56H89FN6O16. The number of alkyl carbamates (subject to hydrolysis) is 1. The third-order valence-electron chi connectivity index (χ3n) is 17.2. The van der Waals surface area contributed by atoms with Crippen LogP contribution in [0.1, 0.15) is 119 Å². The molecule has 4 aliphatic heterocycles. The Labute approximate surface area is 463 Å². The maximum absolute atomic E-state index is 15.2. The topological polar surface area (TPSA) is 257 Å². The Hall–Kier alpha value is -4.43. The van der Waals surface area contributed by atoms with Gasteiger partial charge in [-0.25, -0.2) is 19.0 Å². The van der Waals surface area contributed by atoms with E-state index >= 15 is 4.39 Å². The lowest BCUT2D eigenvalue weighted by molar-refractivity contribution is -0.322. The lowest BCUT2D eigenvalue weighted by Crippen LogP contribution is -2.61. The fourth-order valence-electron chi connectivity index (χ4n) is 12.5. The molecule has 446 valence electrons. The molecule has 0 saturated carbocycles. The second-order valence-corrected chi connectivity index (χ2v) is 23.2. The van der Waals surface area contributed by atoms with E-state index in [0.29, 0.717) is 45.6 Å². The highest BCUT2D eigenvalue weighted by Gasteiger charge is 2.58. The average Bonchev–Trinajstić information content (AvgIpc) is 3.72. The highest BCUT2D eigenvalue weighted by atomic mass is 19.1. The number of hydrogen-bond donors (Lipinski definition) is 4. The number of carboxylic acid groups (broad SMARTS) is 1. The van der Waals surface area contributed by atoms with Gasteiger partial charge in [-0.15, -0.1) is 0 Å². The van der Waals surface area contributed by atoms with Crippen LogP contribution in [0.3, 0.4) is 0 Å². The number of ether oxygens (including phenoxy) is 9. The number of anilines is 1. The monoisotopic (exact) mass is 1120 g/mol. The van der Waals surface area contributed by atoms with Gasteiger partial charge in [-0.05, 0) is 101 Å². The molecule has 4 fully saturated rings. The fourth-order valence-corrected chi connectivity index (χ4v) is 12.5. The largest absolute Gasteiger partial charge is 0.477 e. The number of methoxy groups -OCH3 is 2. The summed E-state index contributed by atoms with van der Waals surface area (Å²) in [5.74, 6) is -6.23. The summed E-state index contributed by atoms with van der Waals surface area (Å²) in [6.07, 6.45) is -5.41. The van der Waals surface area contributed by atoms with Gasteiger partial charge in [0.1, 0.15) is 35.3 Å². The van der Waals surface area contributed by atoms with Crippen molar-refractivity contribution < 1.29 is 76.4 Å². The second kappa shape index (κ2) is 26.2. The average molecular weight is 1120 g/mol. The maximum Gasteiger partial charge on any atom is 0.408 e. The number of aliphatic hydroxyl groups excluding tert-OH is 1. The summed E-state index contributed by atoms with van der Waals surface area (Å²) in [7, 11) is 8.81. The number of hydrogen-bond acceptors (Lipinski definition) is 19. The first-order chi connectivity index (χ1) is 37.1. The summed E-state index contributed by atoms with van der Waals surface area (Å²) in [6, 6.07) is -0.137. The number of nitrogens with zero attached hydrogens (tertiary/aromatic N) is 4. The van der Waals surface area contributed by atoms with Crippen molar-refractivity contribution in [2.75, 3.05) is 66.9 Å². The van der Waals surface area contributed by atoms with Gasteiger partial charge in [0.15, 0.2) is 29.8 Å². The van der Waals surface area contributed by atoms with Crippen molar-refractivity contribution in [2.45, 2.75) is 199 Å². The highest BCUT2D eigenvalue weighted by Crippen LogP contribution is 2.43. The van der Waals surface area contributed by atoms with E-state index in [9.17, 15) is 34.2 Å². The van der Waals surface area contributed by atoms with Crippen molar-refractivity contribution in [1.82, 2.24) is 24.7 Å². The van der Waals surface area contributed by atoms with Crippen LogP contribution in [-0.4, -0.2) is 199 Å². The molecule has 0 spiro atoms. The first-order valence-electron chi connectivity index (χ1n) is 27.9. The Kier molecular flexibility index (Phi) is 21.2. The first-order valence-corrected chi connectivity index (χ1v) is 27.9.